The van der Waals surface area contributed by atoms with Gasteiger partial charge in [-0.25, -0.2) is 4.39 Å². The summed E-state index contributed by atoms with van der Waals surface area (Å²) in [5, 5.41) is 3.10. The lowest BCUT2D eigenvalue weighted by Gasteiger charge is -2.02. The maximum absolute atomic E-state index is 13.1. The molecule has 0 spiro atoms. The first-order valence-electron chi connectivity index (χ1n) is 4.16. The fourth-order valence-electron chi connectivity index (χ4n) is 0.814. The average Bonchev–Trinajstić information content (AvgIpc) is 2.19. The van der Waals surface area contributed by atoms with Gasteiger partial charge in [0.1, 0.15) is 5.82 Å². The molecule has 0 unspecified atom stereocenters. The number of nitrogens with one attached hydrogen (secondary N) is 1. The number of rotatable bonds is 3. The van der Waals surface area contributed by atoms with Crippen LogP contribution in [0.15, 0.2) is 23.3 Å². The van der Waals surface area contributed by atoms with Crippen molar-refractivity contribution in [3.63, 3.8) is 0 Å². The van der Waals surface area contributed by atoms with E-state index >= 15 is 0 Å². The first-order valence-corrected chi connectivity index (χ1v) is 4.54. The smallest absolute Gasteiger partial charge is 0.283 e. The first kappa shape index (κ1) is 13.4. The monoisotopic (exact) mass is 268 g/mol. The Kier molecular flexibility index (Phi) is 4.06. The molecule has 0 aliphatic carbocycles. The van der Waals surface area contributed by atoms with Crippen LogP contribution in [0.2, 0.25) is 5.02 Å². The summed E-state index contributed by atoms with van der Waals surface area (Å²) >= 11 is 5.45. The minimum absolute atomic E-state index is 0.0219. The Morgan fingerprint density at radius 1 is 1.41 bits per heavy atom. The maximum atomic E-state index is 13.1. The van der Waals surface area contributed by atoms with Gasteiger partial charge < -0.3 is 0 Å². The van der Waals surface area contributed by atoms with Gasteiger partial charge in [0.15, 0.2) is 0 Å². The summed E-state index contributed by atoms with van der Waals surface area (Å²) in [5.74, 6) is -2.94. The van der Waals surface area contributed by atoms with E-state index in [4.69, 9.17) is 11.6 Å². The van der Waals surface area contributed by atoms with Crippen LogP contribution in [0.5, 0.6) is 0 Å². The predicted octanol–water partition coefficient (Wildman–Crippen LogP) is 3.01. The number of hydrogen-bond acceptors (Lipinski definition) is 3. The molecule has 1 aromatic carbocycles. The van der Waals surface area contributed by atoms with Gasteiger partial charge in [0.2, 0.25) is 0 Å². The van der Waals surface area contributed by atoms with Crippen LogP contribution in [0.4, 0.5) is 23.2 Å². The average molecular weight is 269 g/mol. The second-order valence-corrected chi connectivity index (χ2v) is 3.29. The van der Waals surface area contributed by atoms with E-state index in [-0.39, 0.29) is 16.9 Å². The topological polar surface area (TPSA) is 41.5 Å². The zero-order valence-corrected chi connectivity index (χ0v) is 8.81. The van der Waals surface area contributed by atoms with Crippen molar-refractivity contribution in [2.24, 2.45) is 5.10 Å². The molecular weight excluding hydrogens is 264 g/mol. The number of nitrogens with zero attached hydrogens (tertiary/aromatic N) is 1. The molecule has 0 radical (unpaired) electrons. The summed E-state index contributed by atoms with van der Waals surface area (Å²) in [7, 11) is 0. The van der Waals surface area contributed by atoms with Gasteiger partial charge in [0, 0.05) is 5.02 Å². The number of alkyl halides is 3. The van der Waals surface area contributed by atoms with E-state index in [2.05, 4.69) is 5.10 Å². The number of carbonyl (C=O) groups is 1. The molecule has 0 fully saturated rings. The van der Waals surface area contributed by atoms with Gasteiger partial charge in [-0.2, -0.15) is 18.3 Å². The largest absolute Gasteiger partial charge is 0.455 e. The number of hydrogen-bond donors (Lipinski definition) is 1. The summed E-state index contributed by atoms with van der Waals surface area (Å²) < 4.78 is 48.3. The Labute approximate surface area is 98.1 Å². The van der Waals surface area contributed by atoms with Crippen LogP contribution in [0.3, 0.4) is 0 Å². The summed E-state index contributed by atoms with van der Waals surface area (Å²) in [6.45, 7) is 0. The van der Waals surface area contributed by atoms with Gasteiger partial charge >= 0.3 is 6.18 Å². The molecule has 0 heterocycles. The van der Waals surface area contributed by atoms with E-state index in [0.29, 0.717) is 0 Å². The number of ketones is 1. The van der Waals surface area contributed by atoms with Crippen LogP contribution in [-0.2, 0) is 4.79 Å². The van der Waals surface area contributed by atoms with E-state index in [1.165, 1.54) is 12.1 Å². The van der Waals surface area contributed by atoms with Gasteiger partial charge in [0.25, 0.3) is 5.78 Å². The molecule has 3 nitrogen and oxygen atoms in total. The second kappa shape index (κ2) is 5.13. The number of benzene rings is 1. The van der Waals surface area contributed by atoms with Gasteiger partial charge in [-0.15, -0.1) is 0 Å². The molecule has 0 bridgehead atoms. The van der Waals surface area contributed by atoms with E-state index in [1.807, 2.05) is 5.43 Å². The number of hydrazone groups is 1. The Morgan fingerprint density at radius 3 is 2.59 bits per heavy atom. The Bertz CT molecular complexity index is 459. The molecule has 8 heteroatoms. The fraction of sp³-hybridized carbons (Fsp3) is 0.111. The van der Waals surface area contributed by atoms with Crippen LogP contribution in [0.25, 0.3) is 0 Å². The predicted molar refractivity (Wildman–Crippen MR) is 54.6 cm³/mol. The molecule has 92 valence electrons. The maximum Gasteiger partial charge on any atom is 0.455 e. The summed E-state index contributed by atoms with van der Waals surface area (Å²) in [4.78, 5) is 10.4. The van der Waals surface area contributed by atoms with Gasteiger partial charge in [-0.3, -0.25) is 10.2 Å². The minimum Gasteiger partial charge on any atom is -0.283 e. The highest BCUT2D eigenvalue weighted by molar-refractivity contribution is 6.30. The Morgan fingerprint density at radius 2 is 2.06 bits per heavy atom. The molecule has 0 aliphatic heterocycles. The number of halogens is 5. The SMILES string of the molecule is O=C(C=NNc1ccc(Cl)cc1F)C(F)(F)F. The van der Waals surface area contributed by atoms with Crippen molar-refractivity contribution >= 4 is 29.3 Å². The van der Waals surface area contributed by atoms with Gasteiger partial charge in [-0.1, -0.05) is 11.6 Å². The minimum atomic E-state index is -5.00. The molecule has 0 amide bonds. The third-order valence-corrected chi connectivity index (χ3v) is 1.81. The molecule has 0 aromatic heterocycles. The quantitative estimate of drug-likeness (QED) is 0.520. The first-order chi connectivity index (χ1) is 7.80. The molecule has 1 aromatic rings. The lowest BCUT2D eigenvalue weighted by molar-refractivity contribution is -0.162. The van der Waals surface area contributed by atoms with Crippen LogP contribution < -0.4 is 5.43 Å². The van der Waals surface area contributed by atoms with Crippen molar-refractivity contribution in [2.75, 3.05) is 5.43 Å². The highest BCUT2D eigenvalue weighted by Gasteiger charge is 2.36. The van der Waals surface area contributed by atoms with Crippen molar-refractivity contribution in [3.05, 3.63) is 29.0 Å². The van der Waals surface area contributed by atoms with Crippen LogP contribution in [-0.4, -0.2) is 18.2 Å². The van der Waals surface area contributed by atoms with Gasteiger partial charge in [0.05, 0.1) is 11.9 Å². The normalized spacial score (nSPS) is 11.8. The zero-order valence-electron chi connectivity index (χ0n) is 8.05. The van der Waals surface area contributed by atoms with Crippen molar-refractivity contribution in [2.45, 2.75) is 6.18 Å². The molecule has 1 rings (SSSR count). The summed E-state index contributed by atoms with van der Waals surface area (Å²) in [6, 6.07) is 3.44. The molecule has 17 heavy (non-hydrogen) atoms. The molecule has 0 saturated heterocycles. The fourth-order valence-corrected chi connectivity index (χ4v) is 0.973. The van der Waals surface area contributed by atoms with Crippen molar-refractivity contribution in [1.82, 2.24) is 0 Å². The molecule has 1 N–H and O–H groups in total. The van der Waals surface area contributed by atoms with E-state index in [9.17, 15) is 22.4 Å². The zero-order chi connectivity index (χ0) is 13.1. The van der Waals surface area contributed by atoms with E-state index in [0.717, 1.165) is 6.07 Å². The molecule has 0 saturated carbocycles. The van der Waals surface area contributed by atoms with Gasteiger partial charge in [-0.05, 0) is 18.2 Å². The lowest BCUT2D eigenvalue weighted by Crippen LogP contribution is -2.23. The molecule has 0 aliphatic rings. The third-order valence-electron chi connectivity index (χ3n) is 1.58. The highest BCUT2D eigenvalue weighted by Crippen LogP contribution is 2.19. The second-order valence-electron chi connectivity index (χ2n) is 2.86. The highest BCUT2D eigenvalue weighted by atomic mass is 35.5. The standard InChI is InChI=1S/C9H5ClF4N2O/c10-5-1-2-7(6(11)3-5)16-15-4-8(17)9(12,13)14/h1-4,16H. The summed E-state index contributed by atoms with van der Waals surface area (Å²) in [5.41, 5.74) is 1.76. The van der Waals surface area contributed by atoms with E-state index < -0.39 is 17.8 Å². The number of carbonyl (C=O) groups excluding carboxylic acids is 1. The number of Topliss-reactive ketones (excluding diaryl/α,β-unsaturated/α-hetero) is 1. The van der Waals surface area contributed by atoms with Crippen molar-refractivity contribution in [1.29, 1.82) is 0 Å². The van der Waals surface area contributed by atoms with Crippen molar-refractivity contribution < 1.29 is 22.4 Å². The third kappa shape index (κ3) is 4.03. The van der Waals surface area contributed by atoms with Crippen molar-refractivity contribution in [3.8, 4) is 0 Å². The molecular formula is C9H5ClF4N2O. The number of anilines is 1. The Hall–Kier alpha value is -1.63. The van der Waals surface area contributed by atoms with Crippen LogP contribution >= 0.6 is 11.6 Å². The van der Waals surface area contributed by atoms with E-state index in [1.54, 1.807) is 0 Å². The summed E-state index contributed by atoms with van der Waals surface area (Å²) in [6.07, 6.45) is -4.97. The Balaban J connectivity index is 2.68. The van der Waals surface area contributed by atoms with Crippen LogP contribution in [0.1, 0.15) is 0 Å². The lowest BCUT2D eigenvalue weighted by atomic mass is 10.3. The van der Waals surface area contributed by atoms with Crippen LogP contribution in [0, 0.1) is 5.82 Å². The molecule has 0 atom stereocenters.